The van der Waals surface area contributed by atoms with E-state index in [1.54, 1.807) is 0 Å². The van der Waals surface area contributed by atoms with Crippen LogP contribution in [0.25, 0.3) is 0 Å². The van der Waals surface area contributed by atoms with Crippen LogP contribution in [0.3, 0.4) is 0 Å². The summed E-state index contributed by atoms with van der Waals surface area (Å²) in [6, 6.07) is 2.08. The third kappa shape index (κ3) is 3.92. The molecule has 0 fully saturated rings. The van der Waals surface area contributed by atoms with Crippen molar-refractivity contribution in [2.75, 3.05) is 0 Å². The minimum Gasteiger partial charge on any atom is -0.306 e. The number of hydrogen-bond acceptors (Lipinski definition) is 2. The van der Waals surface area contributed by atoms with Crippen molar-refractivity contribution in [1.82, 2.24) is 15.1 Å². The quantitative estimate of drug-likeness (QED) is 0.798. The highest BCUT2D eigenvalue weighted by Crippen LogP contribution is 2.02. The first-order chi connectivity index (χ1) is 6.51. The zero-order chi connectivity index (χ0) is 10.6. The maximum Gasteiger partial charge on any atom is 0.0762 e. The Morgan fingerprint density at radius 2 is 2.14 bits per heavy atom. The molecule has 80 valence electrons. The molecule has 0 aliphatic carbocycles. The van der Waals surface area contributed by atoms with Crippen molar-refractivity contribution in [3.8, 4) is 0 Å². The number of nitrogens with zero attached hydrogens (tertiary/aromatic N) is 2. The topological polar surface area (TPSA) is 29.9 Å². The summed E-state index contributed by atoms with van der Waals surface area (Å²) in [4.78, 5) is 0. The molecule has 0 saturated carbocycles. The normalized spacial score (nSPS) is 12.0. The van der Waals surface area contributed by atoms with Gasteiger partial charge in [-0.05, 0) is 33.3 Å². The first-order valence-corrected chi connectivity index (χ1v) is 5.28. The van der Waals surface area contributed by atoms with Gasteiger partial charge in [-0.15, -0.1) is 0 Å². The van der Waals surface area contributed by atoms with Gasteiger partial charge in [0.15, 0.2) is 0 Å². The Morgan fingerprint density at radius 3 is 2.71 bits per heavy atom. The zero-order valence-electron chi connectivity index (χ0n) is 9.67. The van der Waals surface area contributed by atoms with Gasteiger partial charge in [0, 0.05) is 24.8 Å². The lowest BCUT2D eigenvalue weighted by Crippen LogP contribution is -2.35. The van der Waals surface area contributed by atoms with Crippen LogP contribution in [0, 0.1) is 0 Å². The third-order valence-electron chi connectivity index (χ3n) is 1.95. The van der Waals surface area contributed by atoms with Crippen molar-refractivity contribution in [1.29, 1.82) is 0 Å². The van der Waals surface area contributed by atoms with Crippen molar-refractivity contribution in [3.05, 3.63) is 18.0 Å². The molecular weight excluding hydrogens is 174 g/mol. The lowest BCUT2D eigenvalue weighted by molar-refractivity contribution is 0.419. The molecule has 0 aromatic carbocycles. The van der Waals surface area contributed by atoms with Gasteiger partial charge in [-0.25, -0.2) is 0 Å². The summed E-state index contributed by atoms with van der Waals surface area (Å²) in [5.41, 5.74) is 1.28. The summed E-state index contributed by atoms with van der Waals surface area (Å²) in [5.74, 6) is 0. The summed E-state index contributed by atoms with van der Waals surface area (Å²) in [5, 5.41) is 7.87. The van der Waals surface area contributed by atoms with Crippen molar-refractivity contribution >= 4 is 0 Å². The van der Waals surface area contributed by atoms with Crippen molar-refractivity contribution in [2.24, 2.45) is 0 Å². The number of rotatable bonds is 4. The lowest BCUT2D eigenvalue weighted by atomic mass is 10.1. The van der Waals surface area contributed by atoms with E-state index in [9.17, 15) is 0 Å². The monoisotopic (exact) mass is 195 g/mol. The Balaban J connectivity index is 2.44. The van der Waals surface area contributed by atoms with E-state index in [1.807, 2.05) is 10.9 Å². The van der Waals surface area contributed by atoms with E-state index >= 15 is 0 Å². The van der Waals surface area contributed by atoms with Crippen LogP contribution >= 0.6 is 0 Å². The first kappa shape index (κ1) is 11.2. The number of nitrogens with one attached hydrogen (secondary N) is 1. The first-order valence-electron chi connectivity index (χ1n) is 5.28. The molecule has 0 saturated heterocycles. The molecule has 0 aliphatic heterocycles. The van der Waals surface area contributed by atoms with Crippen molar-refractivity contribution in [3.63, 3.8) is 0 Å². The summed E-state index contributed by atoms with van der Waals surface area (Å²) >= 11 is 0. The highest BCUT2D eigenvalue weighted by atomic mass is 15.3. The molecule has 14 heavy (non-hydrogen) atoms. The van der Waals surface area contributed by atoms with Gasteiger partial charge in [-0.2, -0.15) is 5.10 Å². The molecular formula is C11H21N3. The maximum atomic E-state index is 4.46. The van der Waals surface area contributed by atoms with E-state index in [4.69, 9.17) is 0 Å². The van der Waals surface area contributed by atoms with Gasteiger partial charge in [0.25, 0.3) is 0 Å². The molecule has 1 rings (SSSR count). The smallest absolute Gasteiger partial charge is 0.0762 e. The Kier molecular flexibility index (Phi) is 3.69. The van der Waals surface area contributed by atoms with Crippen LogP contribution in [0.5, 0.6) is 0 Å². The highest BCUT2D eigenvalue weighted by molar-refractivity contribution is 4.99. The van der Waals surface area contributed by atoms with E-state index in [0.717, 1.165) is 25.2 Å². The molecule has 0 spiro atoms. The highest BCUT2D eigenvalue weighted by Gasteiger charge is 2.09. The van der Waals surface area contributed by atoms with Crippen LogP contribution in [0.2, 0.25) is 0 Å². The van der Waals surface area contributed by atoms with Gasteiger partial charge in [-0.3, -0.25) is 4.68 Å². The van der Waals surface area contributed by atoms with Crippen LogP contribution in [0.4, 0.5) is 0 Å². The number of aryl methyl sites for hydroxylation is 1. The fourth-order valence-electron chi connectivity index (χ4n) is 1.21. The van der Waals surface area contributed by atoms with Crippen LogP contribution in [-0.4, -0.2) is 15.3 Å². The average molecular weight is 195 g/mol. The van der Waals surface area contributed by atoms with Crippen LogP contribution in [0.1, 0.15) is 39.8 Å². The Morgan fingerprint density at radius 1 is 1.43 bits per heavy atom. The Bertz CT molecular complexity index is 270. The average Bonchev–Trinajstić information content (AvgIpc) is 2.49. The standard InChI is InChI=1S/C11H21N3/c1-5-7-14-8-6-10(13-14)9-12-11(2,3)4/h6,8,12H,5,7,9H2,1-4H3. The van der Waals surface area contributed by atoms with E-state index < -0.39 is 0 Å². The fourth-order valence-corrected chi connectivity index (χ4v) is 1.21. The van der Waals surface area contributed by atoms with Gasteiger partial charge in [0.05, 0.1) is 5.69 Å². The zero-order valence-corrected chi connectivity index (χ0v) is 9.67. The summed E-state index contributed by atoms with van der Waals surface area (Å²) in [7, 11) is 0. The molecule has 1 aromatic rings. The largest absolute Gasteiger partial charge is 0.306 e. The van der Waals surface area contributed by atoms with Crippen molar-refractivity contribution < 1.29 is 0 Å². The van der Waals surface area contributed by atoms with E-state index in [-0.39, 0.29) is 5.54 Å². The van der Waals surface area contributed by atoms with Crippen LogP contribution in [-0.2, 0) is 13.1 Å². The molecule has 0 radical (unpaired) electrons. The molecule has 0 aliphatic rings. The lowest BCUT2D eigenvalue weighted by Gasteiger charge is -2.19. The van der Waals surface area contributed by atoms with Gasteiger partial charge < -0.3 is 5.32 Å². The summed E-state index contributed by atoms with van der Waals surface area (Å²) in [6.45, 7) is 10.5. The summed E-state index contributed by atoms with van der Waals surface area (Å²) in [6.07, 6.45) is 3.18. The van der Waals surface area contributed by atoms with E-state index in [2.05, 4.69) is 44.2 Å². The molecule has 0 atom stereocenters. The van der Waals surface area contributed by atoms with Crippen LogP contribution < -0.4 is 5.32 Å². The van der Waals surface area contributed by atoms with Crippen molar-refractivity contribution in [2.45, 2.75) is 52.7 Å². The van der Waals surface area contributed by atoms with Gasteiger partial charge >= 0.3 is 0 Å². The molecule has 0 amide bonds. The summed E-state index contributed by atoms with van der Waals surface area (Å²) < 4.78 is 2.00. The minimum atomic E-state index is 0.161. The number of aromatic nitrogens is 2. The second-order valence-electron chi connectivity index (χ2n) is 4.67. The second-order valence-corrected chi connectivity index (χ2v) is 4.67. The minimum absolute atomic E-state index is 0.161. The molecule has 3 heteroatoms. The predicted molar refractivity (Wildman–Crippen MR) is 59.1 cm³/mol. The Labute approximate surface area is 86.5 Å². The maximum absolute atomic E-state index is 4.46. The second kappa shape index (κ2) is 4.60. The van der Waals surface area contributed by atoms with Gasteiger partial charge in [-0.1, -0.05) is 6.92 Å². The molecule has 1 N–H and O–H groups in total. The van der Waals surface area contributed by atoms with E-state index in [1.165, 1.54) is 0 Å². The van der Waals surface area contributed by atoms with Gasteiger partial charge in [0.1, 0.15) is 0 Å². The molecule has 1 heterocycles. The molecule has 0 bridgehead atoms. The molecule has 0 unspecified atom stereocenters. The van der Waals surface area contributed by atoms with Gasteiger partial charge in [0.2, 0.25) is 0 Å². The third-order valence-corrected chi connectivity index (χ3v) is 1.95. The van der Waals surface area contributed by atoms with E-state index in [0.29, 0.717) is 0 Å². The number of hydrogen-bond donors (Lipinski definition) is 1. The predicted octanol–water partition coefficient (Wildman–Crippen LogP) is 2.18. The van der Waals surface area contributed by atoms with Crippen LogP contribution in [0.15, 0.2) is 12.3 Å². The Hall–Kier alpha value is -0.830. The SMILES string of the molecule is CCCn1ccc(CNC(C)(C)C)n1. The fraction of sp³-hybridized carbons (Fsp3) is 0.727. The molecule has 1 aromatic heterocycles. The molecule has 3 nitrogen and oxygen atoms in total.